The molecule has 1 rings (SSSR count). The third-order valence-corrected chi connectivity index (χ3v) is 0.566. The zero-order valence-electron chi connectivity index (χ0n) is 5.48. The lowest BCUT2D eigenvalue weighted by Gasteiger charge is -1.70. The van der Waals surface area contributed by atoms with Crippen molar-refractivity contribution in [3.05, 3.63) is 30.6 Å². The molecule has 5 heteroatoms. The Balaban J connectivity index is 0. The van der Waals surface area contributed by atoms with Gasteiger partial charge < -0.3 is 5.11 Å². The van der Waals surface area contributed by atoms with E-state index in [1.54, 1.807) is 12.4 Å². The Morgan fingerprint density at radius 2 is 1.64 bits per heavy atom. The fourth-order valence-electron chi connectivity index (χ4n) is 0.313. The van der Waals surface area contributed by atoms with Crippen LogP contribution < -0.4 is 0 Å². The molecule has 11 heavy (non-hydrogen) atoms. The first kappa shape index (κ1) is 13.2. The van der Waals surface area contributed by atoms with Crippen molar-refractivity contribution < 1.29 is 9.90 Å². The molecule has 0 radical (unpaired) electrons. The van der Waals surface area contributed by atoms with Crippen molar-refractivity contribution >= 4 is 37.8 Å². The van der Waals surface area contributed by atoms with Gasteiger partial charge in [-0.25, -0.2) is 4.79 Å². The molecule has 0 atom stereocenters. The Labute approximate surface area is 83.4 Å². The van der Waals surface area contributed by atoms with E-state index in [4.69, 9.17) is 9.90 Å². The van der Waals surface area contributed by atoms with Gasteiger partial charge in [-0.3, -0.25) is 4.98 Å². The van der Waals surface area contributed by atoms with Gasteiger partial charge in [-0.2, -0.15) is 0 Å². The van der Waals surface area contributed by atoms with Gasteiger partial charge in [-0.15, -0.1) is 17.0 Å². The lowest BCUT2D eigenvalue weighted by molar-refractivity contribution is 0.223. The quantitative estimate of drug-likeness (QED) is 0.745. The zero-order chi connectivity index (χ0) is 7.82. The molecule has 1 aromatic heterocycles. The molecule has 62 valence electrons. The molecule has 0 amide bonds. The average Bonchev–Trinajstić information content (AvgIpc) is 1.90. The summed E-state index contributed by atoms with van der Waals surface area (Å²) < 4.78 is 0. The molecule has 0 aromatic carbocycles. The van der Waals surface area contributed by atoms with Crippen molar-refractivity contribution in [1.82, 2.24) is 4.98 Å². The maximum Gasteiger partial charge on any atom is 0.372 e. The highest BCUT2D eigenvalue weighted by Gasteiger charge is 1.70. The predicted molar refractivity (Wildman–Crippen MR) is 51.5 cm³/mol. The fraction of sp³-hybridized carbons (Fsp3) is 0. The van der Waals surface area contributed by atoms with Crippen molar-refractivity contribution in [2.75, 3.05) is 0 Å². The molecule has 0 spiro atoms. The Bertz CT molecular complexity index is 150. The van der Waals surface area contributed by atoms with E-state index < -0.39 is 4.88 Å². The number of hydrogen-bond acceptors (Lipinski definition) is 2. The van der Waals surface area contributed by atoms with Crippen molar-refractivity contribution in [3.8, 4) is 0 Å². The number of nitrogens with zero attached hydrogens (tertiary/aromatic N) is 1. The predicted octanol–water partition coefficient (Wildman–Crippen LogP) is 2.72. The summed E-state index contributed by atoms with van der Waals surface area (Å²) in [5.74, 6) is 0. The van der Waals surface area contributed by atoms with Gasteiger partial charge in [0.2, 0.25) is 0 Å². The Morgan fingerprint density at radius 1 is 1.27 bits per heavy atom. The van der Waals surface area contributed by atoms with E-state index in [2.05, 4.69) is 20.9 Å². The maximum absolute atomic E-state index is 8.92. The zero-order valence-corrected chi connectivity index (χ0v) is 8.77. The van der Waals surface area contributed by atoms with E-state index in [1.807, 2.05) is 18.2 Å². The summed E-state index contributed by atoms with van der Waals surface area (Å²) in [6.45, 7) is 0. The molecule has 0 fully saturated rings. The van der Waals surface area contributed by atoms with E-state index in [0.717, 1.165) is 0 Å². The number of aromatic nitrogens is 1. The monoisotopic (exact) mass is 283 g/mol. The molecule has 0 saturated heterocycles. The molecule has 0 aliphatic heterocycles. The SMILES string of the molecule is Br.O=C(O)Br.c1ccncc1. The van der Waals surface area contributed by atoms with Crippen LogP contribution in [0.4, 0.5) is 4.79 Å². The van der Waals surface area contributed by atoms with Gasteiger partial charge in [-0.1, -0.05) is 6.07 Å². The van der Waals surface area contributed by atoms with E-state index in [0.29, 0.717) is 0 Å². The summed E-state index contributed by atoms with van der Waals surface area (Å²) in [6.07, 6.45) is 3.50. The van der Waals surface area contributed by atoms with Crippen LogP contribution in [0.25, 0.3) is 0 Å². The highest BCUT2D eigenvalue weighted by atomic mass is 79.9. The fourth-order valence-corrected chi connectivity index (χ4v) is 0.313. The van der Waals surface area contributed by atoms with E-state index in [1.165, 1.54) is 0 Å². The van der Waals surface area contributed by atoms with E-state index >= 15 is 0 Å². The van der Waals surface area contributed by atoms with Crippen molar-refractivity contribution in [1.29, 1.82) is 0 Å². The van der Waals surface area contributed by atoms with Gasteiger partial charge in [0, 0.05) is 28.3 Å². The number of halogens is 2. The largest absolute Gasteiger partial charge is 0.473 e. The van der Waals surface area contributed by atoms with Crippen LogP contribution >= 0.6 is 32.9 Å². The summed E-state index contributed by atoms with van der Waals surface area (Å²) >= 11 is 2.19. The minimum Gasteiger partial charge on any atom is -0.473 e. The molecule has 0 bridgehead atoms. The lowest BCUT2D eigenvalue weighted by Crippen LogP contribution is -1.65. The molecular formula is C6H7Br2NO2. The average molecular weight is 285 g/mol. The van der Waals surface area contributed by atoms with Crippen LogP contribution in [0.3, 0.4) is 0 Å². The third kappa shape index (κ3) is 17.7. The summed E-state index contributed by atoms with van der Waals surface area (Å²) in [4.78, 5) is 11.7. The third-order valence-electron chi connectivity index (χ3n) is 0.566. The first-order valence-corrected chi connectivity index (χ1v) is 3.26. The number of rotatable bonds is 0. The van der Waals surface area contributed by atoms with Crippen LogP contribution in [0.1, 0.15) is 0 Å². The van der Waals surface area contributed by atoms with Gasteiger partial charge in [0.25, 0.3) is 0 Å². The van der Waals surface area contributed by atoms with Crippen molar-refractivity contribution in [2.45, 2.75) is 0 Å². The Hall–Kier alpha value is -0.420. The minimum absolute atomic E-state index is 0. The van der Waals surface area contributed by atoms with E-state index in [-0.39, 0.29) is 17.0 Å². The number of carbonyl (C=O) groups is 1. The van der Waals surface area contributed by atoms with Gasteiger partial charge in [0.1, 0.15) is 0 Å². The highest BCUT2D eigenvalue weighted by Crippen LogP contribution is 1.74. The first-order valence-electron chi connectivity index (χ1n) is 2.47. The van der Waals surface area contributed by atoms with Crippen LogP contribution in [-0.2, 0) is 0 Å². The maximum atomic E-state index is 8.92. The molecule has 3 nitrogen and oxygen atoms in total. The smallest absolute Gasteiger partial charge is 0.372 e. The minimum atomic E-state index is -1.02. The molecule has 0 saturated carbocycles. The van der Waals surface area contributed by atoms with Crippen LogP contribution in [0, 0.1) is 0 Å². The van der Waals surface area contributed by atoms with Crippen LogP contribution in [0.5, 0.6) is 0 Å². The Morgan fingerprint density at radius 3 is 1.73 bits per heavy atom. The second-order valence-corrected chi connectivity index (χ2v) is 1.96. The summed E-state index contributed by atoms with van der Waals surface area (Å²) in [6, 6.07) is 5.72. The molecular weight excluding hydrogens is 278 g/mol. The lowest BCUT2D eigenvalue weighted by atomic mass is 10.5. The van der Waals surface area contributed by atoms with Gasteiger partial charge in [-0.05, 0) is 12.1 Å². The molecule has 0 aliphatic carbocycles. The standard InChI is InChI=1S/C5H5N.CHBrO2.BrH/c1-2-4-6-5-3-1;2-1(3)4;/h1-5H;(H,3,4);1H. The first-order chi connectivity index (χ1) is 4.73. The van der Waals surface area contributed by atoms with Crippen LogP contribution in [0.2, 0.25) is 0 Å². The van der Waals surface area contributed by atoms with Crippen molar-refractivity contribution in [2.24, 2.45) is 0 Å². The molecule has 0 unspecified atom stereocenters. The van der Waals surface area contributed by atoms with Gasteiger partial charge in [0.15, 0.2) is 0 Å². The highest BCUT2D eigenvalue weighted by molar-refractivity contribution is 9.18. The molecule has 0 aliphatic rings. The Kier molecular flexibility index (Phi) is 11.5. The summed E-state index contributed by atoms with van der Waals surface area (Å²) in [5, 5.41) is 7.33. The topological polar surface area (TPSA) is 50.2 Å². The molecule has 1 heterocycles. The summed E-state index contributed by atoms with van der Waals surface area (Å²) in [7, 11) is 0. The molecule has 1 N–H and O–H groups in total. The van der Waals surface area contributed by atoms with Crippen LogP contribution in [0.15, 0.2) is 30.6 Å². The number of pyridine rings is 1. The normalized spacial score (nSPS) is 6.64. The van der Waals surface area contributed by atoms with Crippen molar-refractivity contribution in [3.63, 3.8) is 0 Å². The van der Waals surface area contributed by atoms with E-state index in [9.17, 15) is 0 Å². The number of hydrogen-bond donors (Lipinski definition) is 1. The summed E-state index contributed by atoms with van der Waals surface area (Å²) in [5.41, 5.74) is 0. The second kappa shape index (κ2) is 9.58. The van der Waals surface area contributed by atoms with Gasteiger partial charge >= 0.3 is 4.88 Å². The van der Waals surface area contributed by atoms with Crippen LogP contribution in [-0.4, -0.2) is 15.0 Å². The number of carboxylic acid groups (broad SMARTS) is 1. The molecule has 1 aromatic rings. The van der Waals surface area contributed by atoms with Gasteiger partial charge in [0.05, 0.1) is 0 Å². The second-order valence-electron chi connectivity index (χ2n) is 1.28.